The number of anilines is 2. The Labute approximate surface area is 116 Å². The van der Waals surface area contributed by atoms with Crippen LogP contribution in [0.4, 0.5) is 11.4 Å². The summed E-state index contributed by atoms with van der Waals surface area (Å²) in [5, 5.41) is 5.34. The molecule has 1 aromatic carbocycles. The second-order valence-corrected chi connectivity index (χ2v) is 4.14. The predicted molar refractivity (Wildman–Crippen MR) is 71.9 cm³/mol. The lowest BCUT2D eigenvalue weighted by atomic mass is 10.2. The van der Waals surface area contributed by atoms with E-state index in [0.29, 0.717) is 30.3 Å². The number of rotatable bonds is 6. The zero-order valence-electron chi connectivity index (χ0n) is 11.1. The minimum absolute atomic E-state index is 0.00600. The molecule has 1 aliphatic rings. The normalized spacial score (nSPS) is 13.2. The molecule has 2 rings (SSSR count). The molecule has 1 aliphatic heterocycles. The molecule has 0 bridgehead atoms. The fourth-order valence-corrected chi connectivity index (χ4v) is 1.67. The third kappa shape index (κ3) is 3.94. The zero-order chi connectivity index (χ0) is 14.4. The van der Waals surface area contributed by atoms with Crippen molar-refractivity contribution in [2.45, 2.75) is 0 Å². The molecular formula is C13H16N2O5. The molecule has 0 fully saturated rings. The largest absolute Gasteiger partial charge is 0.482 e. The summed E-state index contributed by atoms with van der Waals surface area (Å²) in [6.45, 7) is 0.753. The minimum Gasteiger partial charge on any atom is -0.482 e. The Kier molecular flexibility index (Phi) is 4.91. The van der Waals surface area contributed by atoms with Crippen molar-refractivity contribution >= 4 is 23.2 Å². The standard InChI is InChI=1S/C13H16N2O5/c1-18-4-5-19-7-12(16)14-9-2-3-11-10(6-9)15-13(17)8-20-11/h2-3,6H,4-5,7-8H2,1H3,(H,14,16)(H,15,17). The van der Waals surface area contributed by atoms with E-state index in [4.69, 9.17) is 14.2 Å². The Balaban J connectivity index is 1.88. The average molecular weight is 280 g/mol. The van der Waals surface area contributed by atoms with Gasteiger partial charge in [-0.25, -0.2) is 0 Å². The fourth-order valence-electron chi connectivity index (χ4n) is 1.67. The number of hydrogen-bond donors (Lipinski definition) is 2. The van der Waals surface area contributed by atoms with E-state index < -0.39 is 0 Å². The number of carbonyl (C=O) groups is 2. The van der Waals surface area contributed by atoms with Gasteiger partial charge in [0.25, 0.3) is 5.91 Å². The number of fused-ring (bicyclic) bond motifs is 1. The van der Waals surface area contributed by atoms with Crippen LogP contribution in [0.3, 0.4) is 0 Å². The lowest BCUT2D eigenvalue weighted by molar-refractivity contribution is -0.121. The maximum atomic E-state index is 11.6. The van der Waals surface area contributed by atoms with Crippen LogP contribution < -0.4 is 15.4 Å². The number of hydrogen-bond acceptors (Lipinski definition) is 5. The Hall–Kier alpha value is -2.12. The Morgan fingerprint density at radius 3 is 3.10 bits per heavy atom. The number of amides is 2. The SMILES string of the molecule is COCCOCC(=O)Nc1ccc2c(c1)NC(=O)CO2. The van der Waals surface area contributed by atoms with E-state index in [1.54, 1.807) is 25.3 Å². The molecule has 2 amide bonds. The van der Waals surface area contributed by atoms with Crippen LogP contribution in [0.2, 0.25) is 0 Å². The molecule has 0 aromatic heterocycles. The van der Waals surface area contributed by atoms with E-state index >= 15 is 0 Å². The highest BCUT2D eigenvalue weighted by atomic mass is 16.5. The maximum Gasteiger partial charge on any atom is 0.262 e. The first-order chi connectivity index (χ1) is 9.69. The van der Waals surface area contributed by atoms with Crippen LogP contribution in [-0.4, -0.2) is 45.4 Å². The molecule has 7 nitrogen and oxygen atoms in total. The van der Waals surface area contributed by atoms with Crippen molar-refractivity contribution in [3.05, 3.63) is 18.2 Å². The highest BCUT2D eigenvalue weighted by Gasteiger charge is 2.16. The second kappa shape index (κ2) is 6.88. The smallest absolute Gasteiger partial charge is 0.262 e. The van der Waals surface area contributed by atoms with Crippen molar-refractivity contribution in [2.24, 2.45) is 0 Å². The van der Waals surface area contributed by atoms with Gasteiger partial charge in [0.2, 0.25) is 5.91 Å². The molecule has 1 heterocycles. The summed E-state index contributed by atoms with van der Waals surface area (Å²) < 4.78 is 15.1. The van der Waals surface area contributed by atoms with Crippen LogP contribution in [0, 0.1) is 0 Å². The highest BCUT2D eigenvalue weighted by Crippen LogP contribution is 2.30. The van der Waals surface area contributed by atoms with Gasteiger partial charge in [-0.15, -0.1) is 0 Å². The first-order valence-electron chi connectivity index (χ1n) is 6.12. The lowest BCUT2D eigenvalue weighted by Crippen LogP contribution is -2.25. The van der Waals surface area contributed by atoms with Crippen LogP contribution in [0.15, 0.2) is 18.2 Å². The zero-order valence-corrected chi connectivity index (χ0v) is 11.1. The maximum absolute atomic E-state index is 11.6. The Bertz CT molecular complexity index is 504. The molecule has 0 saturated heterocycles. The summed E-state index contributed by atoms with van der Waals surface area (Å²) in [6.07, 6.45) is 0. The van der Waals surface area contributed by atoms with Gasteiger partial charge in [-0.1, -0.05) is 0 Å². The van der Waals surface area contributed by atoms with Crippen molar-refractivity contribution in [1.29, 1.82) is 0 Å². The van der Waals surface area contributed by atoms with Gasteiger partial charge in [0.1, 0.15) is 12.4 Å². The molecule has 0 aliphatic carbocycles. The van der Waals surface area contributed by atoms with Crippen LogP contribution >= 0.6 is 0 Å². The van der Waals surface area contributed by atoms with E-state index in [1.165, 1.54) is 0 Å². The third-order valence-corrected chi connectivity index (χ3v) is 2.56. The van der Waals surface area contributed by atoms with E-state index in [9.17, 15) is 9.59 Å². The van der Waals surface area contributed by atoms with Crippen LogP contribution in [-0.2, 0) is 19.1 Å². The van der Waals surface area contributed by atoms with Crippen LogP contribution in [0.1, 0.15) is 0 Å². The van der Waals surface area contributed by atoms with Gasteiger partial charge >= 0.3 is 0 Å². The minimum atomic E-state index is -0.274. The van der Waals surface area contributed by atoms with Gasteiger partial charge in [0.15, 0.2) is 6.61 Å². The monoisotopic (exact) mass is 280 g/mol. The molecular weight excluding hydrogens is 264 g/mol. The molecule has 0 saturated carbocycles. The van der Waals surface area contributed by atoms with Crippen molar-refractivity contribution in [2.75, 3.05) is 44.2 Å². The van der Waals surface area contributed by atoms with E-state index in [2.05, 4.69) is 10.6 Å². The number of methoxy groups -OCH3 is 1. The second-order valence-electron chi connectivity index (χ2n) is 4.14. The summed E-state index contributed by atoms with van der Waals surface area (Å²) in [4.78, 5) is 22.8. The van der Waals surface area contributed by atoms with Crippen LogP contribution in [0.25, 0.3) is 0 Å². The number of ether oxygens (including phenoxy) is 3. The molecule has 108 valence electrons. The molecule has 0 atom stereocenters. The first-order valence-corrected chi connectivity index (χ1v) is 6.12. The number of benzene rings is 1. The summed E-state index contributed by atoms with van der Waals surface area (Å²) >= 11 is 0. The fraction of sp³-hybridized carbons (Fsp3) is 0.385. The molecule has 20 heavy (non-hydrogen) atoms. The van der Waals surface area contributed by atoms with Gasteiger partial charge in [0, 0.05) is 12.8 Å². The lowest BCUT2D eigenvalue weighted by Gasteiger charge is -2.18. The summed E-state index contributed by atoms with van der Waals surface area (Å²) in [5.41, 5.74) is 1.11. The predicted octanol–water partition coefficient (Wildman–Crippen LogP) is 0.619. The van der Waals surface area contributed by atoms with Crippen molar-refractivity contribution in [1.82, 2.24) is 0 Å². The average Bonchev–Trinajstić information content (AvgIpc) is 2.43. The van der Waals surface area contributed by atoms with Gasteiger partial charge in [-0.3, -0.25) is 9.59 Å². The number of nitrogens with one attached hydrogen (secondary N) is 2. The van der Waals surface area contributed by atoms with E-state index in [0.717, 1.165) is 0 Å². The van der Waals surface area contributed by atoms with E-state index in [1.807, 2.05) is 0 Å². The van der Waals surface area contributed by atoms with E-state index in [-0.39, 0.29) is 25.0 Å². The highest BCUT2D eigenvalue weighted by molar-refractivity contribution is 5.97. The first kappa shape index (κ1) is 14.3. The molecule has 7 heteroatoms. The van der Waals surface area contributed by atoms with Gasteiger partial charge in [-0.2, -0.15) is 0 Å². The third-order valence-electron chi connectivity index (χ3n) is 2.56. The van der Waals surface area contributed by atoms with Crippen molar-refractivity contribution in [3.63, 3.8) is 0 Å². The van der Waals surface area contributed by atoms with Gasteiger partial charge in [-0.05, 0) is 18.2 Å². The molecule has 0 radical (unpaired) electrons. The van der Waals surface area contributed by atoms with Crippen LogP contribution in [0.5, 0.6) is 5.75 Å². The van der Waals surface area contributed by atoms with Gasteiger partial charge < -0.3 is 24.8 Å². The molecule has 0 spiro atoms. The van der Waals surface area contributed by atoms with Gasteiger partial charge in [0.05, 0.1) is 18.9 Å². The molecule has 0 unspecified atom stereocenters. The molecule has 1 aromatic rings. The van der Waals surface area contributed by atoms with Crippen molar-refractivity contribution < 1.29 is 23.8 Å². The topological polar surface area (TPSA) is 85.9 Å². The molecule has 2 N–H and O–H groups in total. The summed E-state index contributed by atoms with van der Waals surface area (Å²) in [7, 11) is 1.56. The van der Waals surface area contributed by atoms with Crippen molar-refractivity contribution in [3.8, 4) is 5.75 Å². The number of carbonyl (C=O) groups excluding carboxylic acids is 2. The quantitative estimate of drug-likeness (QED) is 0.746. The Morgan fingerprint density at radius 2 is 2.30 bits per heavy atom. The Morgan fingerprint density at radius 1 is 1.45 bits per heavy atom. The summed E-state index contributed by atoms with van der Waals surface area (Å²) in [5.74, 6) is 0.0897. The summed E-state index contributed by atoms with van der Waals surface area (Å²) in [6, 6.07) is 5.03.